The first kappa shape index (κ1) is 22.8. The third kappa shape index (κ3) is 5.17. The van der Waals surface area contributed by atoms with Crippen molar-refractivity contribution < 1.29 is 27.9 Å². The van der Waals surface area contributed by atoms with Crippen molar-refractivity contribution >= 4 is 11.6 Å². The van der Waals surface area contributed by atoms with Gasteiger partial charge in [-0.25, -0.2) is 4.39 Å². The van der Waals surface area contributed by atoms with Gasteiger partial charge in [0.25, 0.3) is 5.91 Å². The van der Waals surface area contributed by atoms with Crippen LogP contribution in [0.25, 0.3) is 11.3 Å². The van der Waals surface area contributed by atoms with Crippen LogP contribution < -0.4 is 19.5 Å². The zero-order chi connectivity index (χ0) is 24.1. The molecule has 34 heavy (non-hydrogen) atoms. The lowest BCUT2D eigenvalue weighted by atomic mass is 10.1. The average molecular weight is 462 g/mol. The molecule has 0 atom stereocenters. The second kappa shape index (κ2) is 10.1. The predicted molar refractivity (Wildman–Crippen MR) is 125 cm³/mol. The molecule has 1 aromatic heterocycles. The number of nitrogens with one attached hydrogen (secondary N) is 1. The molecule has 1 heterocycles. The Balaban J connectivity index is 1.45. The van der Waals surface area contributed by atoms with Gasteiger partial charge in [0.05, 0.1) is 19.8 Å². The fourth-order valence-electron chi connectivity index (χ4n) is 3.36. The lowest BCUT2D eigenvalue weighted by molar-refractivity contribution is 0.101. The summed E-state index contributed by atoms with van der Waals surface area (Å²) in [5.74, 6) is 1.43. The quantitative estimate of drug-likeness (QED) is 0.365. The topological polar surface area (TPSA) is 82.8 Å². The van der Waals surface area contributed by atoms with Crippen LogP contribution in [0.4, 0.5) is 10.1 Å². The van der Waals surface area contributed by atoms with Gasteiger partial charge in [-0.05, 0) is 66.6 Å². The number of aromatic nitrogens is 1. The number of hydrogen-bond acceptors (Lipinski definition) is 6. The Bertz CT molecular complexity index is 1320. The van der Waals surface area contributed by atoms with Gasteiger partial charge in [-0.1, -0.05) is 17.3 Å². The largest absolute Gasteiger partial charge is 0.497 e. The molecule has 0 aliphatic carbocycles. The number of benzene rings is 3. The maximum atomic E-state index is 13.3. The lowest BCUT2D eigenvalue weighted by Crippen LogP contribution is -2.13. The molecule has 3 aromatic carbocycles. The van der Waals surface area contributed by atoms with E-state index in [4.69, 9.17) is 18.7 Å². The Morgan fingerprint density at radius 3 is 2.56 bits per heavy atom. The van der Waals surface area contributed by atoms with Gasteiger partial charge in [0.15, 0.2) is 11.5 Å². The molecule has 0 saturated carbocycles. The number of hydrogen-bond donors (Lipinski definition) is 1. The minimum Gasteiger partial charge on any atom is -0.497 e. The molecule has 0 saturated heterocycles. The van der Waals surface area contributed by atoms with Crippen molar-refractivity contribution in [1.82, 2.24) is 5.16 Å². The minimum atomic E-state index is -0.423. The number of nitrogens with zero attached hydrogens (tertiary/aromatic N) is 1. The summed E-state index contributed by atoms with van der Waals surface area (Å²) in [6.45, 7) is 2.08. The summed E-state index contributed by atoms with van der Waals surface area (Å²) in [5.41, 5.74) is 2.86. The van der Waals surface area contributed by atoms with Gasteiger partial charge in [-0.3, -0.25) is 4.79 Å². The molecule has 0 aliphatic rings. The normalized spacial score (nSPS) is 10.6. The van der Waals surface area contributed by atoms with Crippen molar-refractivity contribution in [1.29, 1.82) is 0 Å². The van der Waals surface area contributed by atoms with Gasteiger partial charge in [-0.2, -0.15) is 0 Å². The van der Waals surface area contributed by atoms with Crippen LogP contribution in [0.1, 0.15) is 21.6 Å². The zero-order valence-corrected chi connectivity index (χ0v) is 18.9. The van der Waals surface area contributed by atoms with Crippen molar-refractivity contribution in [3.63, 3.8) is 0 Å². The fourth-order valence-corrected chi connectivity index (χ4v) is 3.36. The van der Waals surface area contributed by atoms with Gasteiger partial charge < -0.3 is 24.1 Å². The maximum Gasteiger partial charge on any atom is 0.277 e. The van der Waals surface area contributed by atoms with E-state index in [-0.39, 0.29) is 18.1 Å². The van der Waals surface area contributed by atoms with Gasteiger partial charge in [0, 0.05) is 11.8 Å². The molecule has 0 fully saturated rings. The number of carbonyl (C=O) groups is 1. The molecule has 0 radical (unpaired) electrons. The van der Waals surface area contributed by atoms with Crippen molar-refractivity contribution in [2.75, 3.05) is 19.5 Å². The number of methoxy groups -OCH3 is 2. The Morgan fingerprint density at radius 1 is 1.00 bits per heavy atom. The highest BCUT2D eigenvalue weighted by atomic mass is 19.1. The second-order valence-corrected chi connectivity index (χ2v) is 7.49. The van der Waals surface area contributed by atoms with Gasteiger partial charge in [0.2, 0.25) is 0 Å². The fraction of sp³-hybridized carbons (Fsp3) is 0.154. The monoisotopic (exact) mass is 462 g/mol. The molecular weight excluding hydrogens is 439 g/mol. The molecule has 7 nitrogen and oxygen atoms in total. The van der Waals surface area contributed by atoms with Crippen molar-refractivity contribution in [2.24, 2.45) is 0 Å². The lowest BCUT2D eigenvalue weighted by Gasteiger charge is -2.11. The molecule has 1 N–H and O–H groups in total. The van der Waals surface area contributed by atoms with Crippen LogP contribution in [-0.4, -0.2) is 25.3 Å². The molecular formula is C26H23FN2O5. The van der Waals surface area contributed by atoms with Crippen LogP contribution in [0.5, 0.6) is 17.2 Å². The van der Waals surface area contributed by atoms with E-state index < -0.39 is 5.91 Å². The average Bonchev–Trinajstić information content (AvgIpc) is 3.34. The molecule has 0 unspecified atom stereocenters. The number of carbonyl (C=O) groups excluding carboxylic acids is 1. The molecule has 0 bridgehead atoms. The second-order valence-electron chi connectivity index (χ2n) is 7.49. The third-order valence-corrected chi connectivity index (χ3v) is 5.16. The first-order valence-corrected chi connectivity index (χ1v) is 10.4. The van der Waals surface area contributed by atoms with E-state index in [0.29, 0.717) is 34.3 Å². The summed E-state index contributed by atoms with van der Waals surface area (Å²) < 4.78 is 35.1. The summed E-state index contributed by atoms with van der Waals surface area (Å²) in [6.07, 6.45) is 0. The third-order valence-electron chi connectivity index (χ3n) is 5.16. The van der Waals surface area contributed by atoms with Crippen LogP contribution in [-0.2, 0) is 6.61 Å². The number of ether oxygens (including phenoxy) is 3. The molecule has 1 amide bonds. The summed E-state index contributed by atoms with van der Waals surface area (Å²) >= 11 is 0. The van der Waals surface area contributed by atoms with E-state index in [9.17, 15) is 9.18 Å². The number of aryl methyl sites for hydroxylation is 1. The smallest absolute Gasteiger partial charge is 0.277 e. The van der Waals surface area contributed by atoms with Crippen LogP contribution in [0.15, 0.2) is 71.3 Å². The van der Waals surface area contributed by atoms with Gasteiger partial charge in [0.1, 0.15) is 29.7 Å². The van der Waals surface area contributed by atoms with Crippen molar-refractivity contribution in [3.8, 4) is 28.6 Å². The number of halogens is 1. The van der Waals surface area contributed by atoms with Crippen molar-refractivity contribution in [3.05, 3.63) is 89.4 Å². The van der Waals surface area contributed by atoms with E-state index in [0.717, 1.165) is 11.1 Å². The molecule has 0 aliphatic heterocycles. The van der Waals surface area contributed by atoms with Gasteiger partial charge in [-0.15, -0.1) is 0 Å². The first-order valence-electron chi connectivity index (χ1n) is 10.4. The summed E-state index contributed by atoms with van der Waals surface area (Å²) in [7, 11) is 3.11. The van der Waals surface area contributed by atoms with E-state index in [1.54, 1.807) is 68.8 Å². The molecule has 4 aromatic rings. The molecule has 4 rings (SSSR count). The highest BCUT2D eigenvalue weighted by Gasteiger charge is 2.18. The Hall–Kier alpha value is -4.33. The van der Waals surface area contributed by atoms with Crippen LogP contribution >= 0.6 is 0 Å². The van der Waals surface area contributed by atoms with Crippen LogP contribution in [0.2, 0.25) is 0 Å². The number of amides is 1. The van der Waals surface area contributed by atoms with E-state index in [2.05, 4.69) is 10.5 Å². The number of anilines is 1. The predicted octanol–water partition coefficient (Wildman–Crippen LogP) is 5.64. The summed E-state index contributed by atoms with van der Waals surface area (Å²) in [5, 5.41) is 6.73. The molecule has 8 heteroatoms. The standard InChI is InChI=1S/C26H23FN2O5/c1-16-11-20(33-15-17-5-4-6-18(27)12-17)7-9-22(16)28-26(30)23-14-25(34-29-23)21-13-19(31-2)8-10-24(21)32-3/h4-14H,15H2,1-3H3,(H,28,30). The van der Waals surface area contributed by atoms with Crippen molar-refractivity contribution in [2.45, 2.75) is 13.5 Å². The van der Waals surface area contributed by atoms with Crippen LogP contribution in [0, 0.1) is 12.7 Å². The maximum absolute atomic E-state index is 13.3. The Kier molecular flexibility index (Phi) is 6.77. The SMILES string of the molecule is COc1ccc(OC)c(-c2cc(C(=O)Nc3ccc(OCc4cccc(F)c4)cc3C)no2)c1. The molecule has 174 valence electrons. The summed E-state index contributed by atoms with van der Waals surface area (Å²) in [6, 6.07) is 18.3. The number of rotatable bonds is 8. The Labute approximate surface area is 196 Å². The van der Waals surface area contributed by atoms with E-state index in [1.807, 2.05) is 6.92 Å². The Morgan fingerprint density at radius 2 is 1.82 bits per heavy atom. The highest BCUT2D eigenvalue weighted by molar-refractivity contribution is 6.03. The zero-order valence-electron chi connectivity index (χ0n) is 18.9. The van der Waals surface area contributed by atoms with Crippen LogP contribution in [0.3, 0.4) is 0 Å². The summed E-state index contributed by atoms with van der Waals surface area (Å²) in [4.78, 5) is 12.8. The minimum absolute atomic E-state index is 0.116. The van der Waals surface area contributed by atoms with E-state index >= 15 is 0 Å². The van der Waals surface area contributed by atoms with Gasteiger partial charge >= 0.3 is 0 Å². The highest BCUT2D eigenvalue weighted by Crippen LogP contribution is 2.34. The van der Waals surface area contributed by atoms with E-state index in [1.165, 1.54) is 12.1 Å². The molecule has 0 spiro atoms. The first-order chi connectivity index (χ1) is 16.5.